The number of rotatable bonds is 7. The van der Waals surface area contributed by atoms with Gasteiger partial charge in [0.1, 0.15) is 25.5 Å². The van der Waals surface area contributed by atoms with Gasteiger partial charge in [0.05, 0.1) is 15.3 Å². The van der Waals surface area contributed by atoms with Crippen LogP contribution in [0.25, 0.3) is 10.6 Å². The molecule has 4 aromatic rings. The zero-order valence-electron chi connectivity index (χ0n) is 17.6. The van der Waals surface area contributed by atoms with Gasteiger partial charge in [-0.15, -0.1) is 11.3 Å². The number of aromatic nitrogens is 1. The molecule has 174 valence electrons. The minimum absolute atomic E-state index is 0.0368. The van der Waals surface area contributed by atoms with Crippen molar-refractivity contribution in [3.63, 3.8) is 0 Å². The van der Waals surface area contributed by atoms with Gasteiger partial charge in [-0.1, -0.05) is 11.2 Å². The van der Waals surface area contributed by atoms with Gasteiger partial charge in [-0.3, -0.25) is 4.72 Å². The van der Waals surface area contributed by atoms with Crippen molar-refractivity contribution in [1.29, 1.82) is 0 Å². The SMILES string of the molecule is O=C(OCc1cc(-c2cccs2)on1)c1ccc(NS(=O)(=O)c2ccc3c(c2)OCCO3)cc1. The molecule has 1 aliphatic rings. The van der Waals surface area contributed by atoms with Crippen molar-refractivity contribution in [3.05, 3.63) is 77.3 Å². The molecule has 0 saturated heterocycles. The lowest BCUT2D eigenvalue weighted by Gasteiger charge is -2.19. The van der Waals surface area contributed by atoms with Crippen LogP contribution in [0, 0.1) is 0 Å². The number of nitrogens with zero attached hydrogens (tertiary/aromatic N) is 1. The highest BCUT2D eigenvalue weighted by Crippen LogP contribution is 2.33. The second-order valence-corrected chi connectivity index (χ2v) is 9.85. The van der Waals surface area contributed by atoms with Crippen molar-refractivity contribution in [3.8, 4) is 22.1 Å². The Morgan fingerprint density at radius 2 is 1.82 bits per heavy atom. The number of anilines is 1. The van der Waals surface area contributed by atoms with Gasteiger partial charge in [-0.05, 0) is 47.8 Å². The maximum absolute atomic E-state index is 12.7. The lowest BCUT2D eigenvalue weighted by atomic mass is 10.2. The van der Waals surface area contributed by atoms with Crippen LogP contribution in [0.5, 0.6) is 11.5 Å². The zero-order chi connectivity index (χ0) is 23.5. The van der Waals surface area contributed by atoms with Gasteiger partial charge in [-0.25, -0.2) is 13.2 Å². The maximum atomic E-state index is 12.7. The normalized spacial score (nSPS) is 12.8. The summed E-state index contributed by atoms with van der Waals surface area (Å²) >= 11 is 1.52. The van der Waals surface area contributed by atoms with Crippen molar-refractivity contribution >= 4 is 33.0 Å². The van der Waals surface area contributed by atoms with E-state index in [9.17, 15) is 13.2 Å². The molecule has 3 heterocycles. The van der Waals surface area contributed by atoms with Crippen molar-refractivity contribution in [1.82, 2.24) is 5.16 Å². The number of benzene rings is 2. The molecule has 0 fully saturated rings. The molecule has 0 spiro atoms. The van der Waals surface area contributed by atoms with Crippen LogP contribution in [-0.4, -0.2) is 32.8 Å². The predicted molar refractivity (Wildman–Crippen MR) is 124 cm³/mol. The highest BCUT2D eigenvalue weighted by molar-refractivity contribution is 7.92. The van der Waals surface area contributed by atoms with E-state index in [4.69, 9.17) is 18.7 Å². The van der Waals surface area contributed by atoms with Crippen LogP contribution in [0.15, 0.2) is 75.5 Å². The number of esters is 1. The van der Waals surface area contributed by atoms with E-state index < -0.39 is 16.0 Å². The summed E-state index contributed by atoms with van der Waals surface area (Å²) in [5, 5.41) is 5.84. The molecule has 0 unspecified atom stereocenters. The van der Waals surface area contributed by atoms with Gasteiger partial charge >= 0.3 is 5.97 Å². The summed E-state index contributed by atoms with van der Waals surface area (Å²) in [6.07, 6.45) is 0. The molecule has 1 N–H and O–H groups in total. The van der Waals surface area contributed by atoms with E-state index in [1.54, 1.807) is 12.1 Å². The Morgan fingerprint density at radius 1 is 1.03 bits per heavy atom. The summed E-state index contributed by atoms with van der Waals surface area (Å²) in [6.45, 7) is 0.723. The van der Waals surface area contributed by atoms with Gasteiger partial charge in [0.25, 0.3) is 10.0 Å². The fourth-order valence-electron chi connectivity index (χ4n) is 3.22. The Hall–Kier alpha value is -3.83. The molecular weight excluding hydrogens is 480 g/mol. The quantitative estimate of drug-likeness (QED) is 0.374. The highest BCUT2D eigenvalue weighted by Gasteiger charge is 2.20. The molecule has 34 heavy (non-hydrogen) atoms. The third-order valence-electron chi connectivity index (χ3n) is 4.87. The summed E-state index contributed by atoms with van der Waals surface area (Å²) in [4.78, 5) is 13.3. The second kappa shape index (κ2) is 9.20. The molecule has 11 heteroatoms. The standard InChI is InChI=1S/C23H18N2O7S2/c26-23(31-14-17-12-21(32-24-17)22-2-1-11-33-22)15-3-5-16(6-4-15)25-34(27,28)18-7-8-19-20(13-18)30-10-9-29-19/h1-8,11-13,25H,9-10,14H2. The zero-order valence-corrected chi connectivity index (χ0v) is 19.2. The van der Waals surface area contributed by atoms with E-state index in [0.29, 0.717) is 41.9 Å². The molecule has 0 atom stereocenters. The number of sulfonamides is 1. The molecule has 0 saturated carbocycles. The van der Waals surface area contributed by atoms with Crippen LogP contribution in [0.1, 0.15) is 16.1 Å². The lowest BCUT2D eigenvalue weighted by molar-refractivity contribution is 0.0464. The summed E-state index contributed by atoms with van der Waals surface area (Å²) in [5.74, 6) is 0.917. The Kier molecular flexibility index (Phi) is 5.95. The van der Waals surface area contributed by atoms with E-state index in [2.05, 4.69) is 9.88 Å². The van der Waals surface area contributed by atoms with Crippen LogP contribution in [-0.2, 0) is 21.4 Å². The number of nitrogens with one attached hydrogen (secondary N) is 1. The number of hydrogen-bond donors (Lipinski definition) is 1. The van der Waals surface area contributed by atoms with Gasteiger partial charge in [0.15, 0.2) is 17.3 Å². The number of carbonyl (C=O) groups excluding carboxylic acids is 1. The van der Waals surface area contributed by atoms with E-state index in [-0.39, 0.29) is 17.1 Å². The van der Waals surface area contributed by atoms with E-state index in [1.807, 2.05) is 17.5 Å². The topological polar surface area (TPSA) is 117 Å². The van der Waals surface area contributed by atoms with Gasteiger partial charge in [0.2, 0.25) is 0 Å². The minimum atomic E-state index is -3.86. The Labute approximate surface area is 198 Å². The van der Waals surface area contributed by atoms with Crippen molar-refractivity contribution < 1.29 is 31.9 Å². The molecule has 2 aromatic heterocycles. The monoisotopic (exact) mass is 498 g/mol. The number of ether oxygens (including phenoxy) is 3. The molecule has 0 radical (unpaired) electrons. The van der Waals surface area contributed by atoms with Gasteiger partial charge in [0, 0.05) is 17.8 Å². The van der Waals surface area contributed by atoms with Crippen LogP contribution < -0.4 is 14.2 Å². The largest absolute Gasteiger partial charge is 0.486 e. The van der Waals surface area contributed by atoms with Crippen LogP contribution in [0.3, 0.4) is 0 Å². The summed E-state index contributed by atoms with van der Waals surface area (Å²) in [6, 6.07) is 15.9. The Bertz CT molecular complexity index is 1410. The number of hydrogen-bond acceptors (Lipinski definition) is 9. The first-order valence-corrected chi connectivity index (χ1v) is 12.5. The Morgan fingerprint density at radius 3 is 2.59 bits per heavy atom. The van der Waals surface area contributed by atoms with Crippen molar-refractivity contribution in [2.24, 2.45) is 0 Å². The van der Waals surface area contributed by atoms with Crippen LogP contribution in [0.2, 0.25) is 0 Å². The summed E-state index contributed by atoms with van der Waals surface area (Å²) in [7, 11) is -3.86. The van der Waals surface area contributed by atoms with Crippen LogP contribution >= 0.6 is 11.3 Å². The van der Waals surface area contributed by atoms with E-state index >= 15 is 0 Å². The molecule has 0 aliphatic carbocycles. The highest BCUT2D eigenvalue weighted by atomic mass is 32.2. The third kappa shape index (κ3) is 4.75. The molecule has 0 bridgehead atoms. The smallest absolute Gasteiger partial charge is 0.338 e. The lowest BCUT2D eigenvalue weighted by Crippen LogP contribution is -2.17. The number of fused-ring (bicyclic) bond motifs is 1. The molecular formula is C23H18N2O7S2. The average molecular weight is 499 g/mol. The van der Waals surface area contributed by atoms with Crippen molar-refractivity contribution in [2.75, 3.05) is 17.9 Å². The molecule has 5 rings (SSSR count). The maximum Gasteiger partial charge on any atom is 0.338 e. The van der Waals surface area contributed by atoms with Crippen LogP contribution in [0.4, 0.5) is 5.69 Å². The van der Waals surface area contributed by atoms with E-state index in [0.717, 1.165) is 4.88 Å². The molecule has 0 amide bonds. The first kappa shape index (κ1) is 22.0. The summed E-state index contributed by atoms with van der Waals surface area (Å²) < 4.78 is 49.4. The van der Waals surface area contributed by atoms with Gasteiger partial charge < -0.3 is 18.7 Å². The summed E-state index contributed by atoms with van der Waals surface area (Å²) in [5.41, 5.74) is 1.05. The van der Waals surface area contributed by atoms with E-state index in [1.165, 1.54) is 47.7 Å². The molecule has 2 aromatic carbocycles. The number of carbonyl (C=O) groups is 1. The Balaban J connectivity index is 1.21. The third-order valence-corrected chi connectivity index (χ3v) is 7.13. The average Bonchev–Trinajstić information content (AvgIpc) is 3.55. The van der Waals surface area contributed by atoms with Gasteiger partial charge in [-0.2, -0.15) is 0 Å². The number of thiophene rings is 1. The fraction of sp³-hybridized carbons (Fsp3) is 0.130. The first-order chi connectivity index (χ1) is 16.5. The molecule has 9 nitrogen and oxygen atoms in total. The molecule has 1 aliphatic heterocycles. The second-order valence-electron chi connectivity index (χ2n) is 7.22. The fourth-order valence-corrected chi connectivity index (χ4v) is 4.96. The minimum Gasteiger partial charge on any atom is -0.486 e. The predicted octanol–water partition coefficient (Wildman–Crippen LogP) is 4.33. The first-order valence-electron chi connectivity index (χ1n) is 10.2. The van der Waals surface area contributed by atoms with Crippen molar-refractivity contribution in [2.45, 2.75) is 11.5 Å².